The summed E-state index contributed by atoms with van der Waals surface area (Å²) in [7, 11) is 3.50. The lowest BCUT2D eigenvalue weighted by atomic mass is 9.82. The van der Waals surface area contributed by atoms with Gasteiger partial charge >= 0.3 is 0 Å². The molecule has 2 fully saturated rings. The topological polar surface area (TPSA) is 18.5 Å². The number of hydrogen-bond donors (Lipinski definition) is 0. The van der Waals surface area contributed by atoms with Crippen molar-refractivity contribution in [3.63, 3.8) is 0 Å². The average Bonchev–Trinajstić information content (AvgIpc) is 2.80. The first-order chi connectivity index (χ1) is 14.2. The molecule has 29 heavy (non-hydrogen) atoms. The third-order valence-electron chi connectivity index (χ3n) is 6.95. The number of benzene rings is 2. The highest BCUT2D eigenvalue weighted by Gasteiger charge is 2.45. The van der Waals surface area contributed by atoms with E-state index in [4.69, 9.17) is 9.47 Å². The average molecular weight is 411 g/mol. The van der Waals surface area contributed by atoms with Crippen LogP contribution < -0.4 is 9.47 Å². The minimum atomic E-state index is 0.210. The first-order valence-corrected chi connectivity index (χ1v) is 12.0. The molecule has 2 aromatic carbocycles. The Bertz CT molecular complexity index is 702. The van der Waals surface area contributed by atoms with Crippen LogP contribution in [0, 0.1) is 0 Å². The van der Waals surface area contributed by atoms with E-state index in [0.29, 0.717) is 0 Å². The van der Waals surface area contributed by atoms with Crippen LogP contribution in [0.5, 0.6) is 11.5 Å². The van der Waals surface area contributed by atoms with Crippen LogP contribution in [-0.4, -0.2) is 14.2 Å². The van der Waals surface area contributed by atoms with Crippen molar-refractivity contribution in [2.24, 2.45) is 0 Å². The van der Waals surface area contributed by atoms with Crippen molar-refractivity contribution in [1.82, 2.24) is 0 Å². The third kappa shape index (κ3) is 4.30. The Morgan fingerprint density at radius 1 is 0.552 bits per heavy atom. The van der Waals surface area contributed by atoms with Gasteiger partial charge in [-0.3, -0.25) is 0 Å². The van der Waals surface area contributed by atoms with Crippen LogP contribution in [0.2, 0.25) is 0 Å². The third-order valence-corrected chi connectivity index (χ3v) is 9.01. The summed E-state index contributed by atoms with van der Waals surface area (Å²) in [5.41, 5.74) is 2.97. The molecule has 0 saturated heterocycles. The fraction of sp³-hybridized carbons (Fsp3) is 0.538. The number of ether oxygens (including phenoxy) is 2. The van der Waals surface area contributed by atoms with Crippen molar-refractivity contribution in [3.8, 4) is 11.5 Å². The number of rotatable bonds is 6. The lowest BCUT2D eigenvalue weighted by molar-refractivity contribution is 0.372. The van der Waals surface area contributed by atoms with Crippen LogP contribution in [0.4, 0.5) is 0 Å². The summed E-state index contributed by atoms with van der Waals surface area (Å²) in [6, 6.07) is 17.9. The highest BCUT2D eigenvalue weighted by atomic mass is 32.2. The monoisotopic (exact) mass is 410 g/mol. The van der Waals surface area contributed by atoms with Gasteiger partial charge in [-0.2, -0.15) is 0 Å². The Morgan fingerprint density at radius 3 is 1.21 bits per heavy atom. The van der Waals surface area contributed by atoms with E-state index in [1.807, 2.05) is 0 Å². The molecule has 0 radical (unpaired) electrons. The summed E-state index contributed by atoms with van der Waals surface area (Å²) in [4.78, 5) is 0. The molecule has 2 aliphatic rings. The fourth-order valence-corrected chi connectivity index (χ4v) is 7.55. The molecule has 2 aromatic rings. The number of hydrogen-bond acceptors (Lipinski definition) is 3. The Morgan fingerprint density at radius 2 is 0.897 bits per heavy atom. The van der Waals surface area contributed by atoms with Gasteiger partial charge in [-0.05, 0) is 61.1 Å². The predicted octanol–water partition coefficient (Wildman–Crippen LogP) is 7.46. The fourth-order valence-electron chi connectivity index (χ4n) is 5.31. The van der Waals surface area contributed by atoms with E-state index in [9.17, 15) is 0 Å². The van der Waals surface area contributed by atoms with Gasteiger partial charge in [0.1, 0.15) is 11.5 Å². The summed E-state index contributed by atoms with van der Waals surface area (Å²) < 4.78 is 11.3. The van der Waals surface area contributed by atoms with E-state index in [-0.39, 0.29) is 9.49 Å². The largest absolute Gasteiger partial charge is 0.497 e. The standard InChI is InChI=1S/C26H34O2S/c1-27-23-13-9-21(10-14-23)25(17-5-3-6-18-25)29-26(19-7-4-8-20-26)22-11-15-24(28-2)16-12-22/h9-16H,3-8,17-20H2,1-2H3. The zero-order valence-electron chi connectivity index (χ0n) is 17.9. The van der Waals surface area contributed by atoms with Crippen LogP contribution in [0.3, 0.4) is 0 Å². The predicted molar refractivity (Wildman–Crippen MR) is 123 cm³/mol. The van der Waals surface area contributed by atoms with Crippen LogP contribution in [0.25, 0.3) is 0 Å². The van der Waals surface area contributed by atoms with Gasteiger partial charge in [0.25, 0.3) is 0 Å². The molecule has 2 aliphatic carbocycles. The smallest absolute Gasteiger partial charge is 0.118 e. The van der Waals surface area contributed by atoms with E-state index < -0.39 is 0 Å². The first-order valence-electron chi connectivity index (χ1n) is 11.2. The maximum atomic E-state index is 5.43. The lowest BCUT2D eigenvalue weighted by Crippen LogP contribution is -2.35. The van der Waals surface area contributed by atoms with Gasteiger partial charge in [0.15, 0.2) is 0 Å². The van der Waals surface area contributed by atoms with Crippen molar-refractivity contribution in [1.29, 1.82) is 0 Å². The van der Waals surface area contributed by atoms with Crippen molar-refractivity contribution >= 4 is 11.8 Å². The molecule has 2 nitrogen and oxygen atoms in total. The van der Waals surface area contributed by atoms with Gasteiger partial charge in [-0.1, -0.05) is 62.8 Å². The molecule has 0 unspecified atom stereocenters. The van der Waals surface area contributed by atoms with Gasteiger partial charge in [-0.25, -0.2) is 0 Å². The molecular weight excluding hydrogens is 376 g/mol. The quantitative estimate of drug-likeness (QED) is 0.492. The SMILES string of the molecule is COc1ccc(C2(SC3(c4ccc(OC)cc4)CCCCC3)CCCCC2)cc1. The molecular formula is C26H34O2S. The molecule has 0 amide bonds. The summed E-state index contributed by atoms with van der Waals surface area (Å²) >= 11 is 2.29. The van der Waals surface area contributed by atoms with Crippen LogP contribution >= 0.6 is 11.8 Å². The molecule has 2 saturated carbocycles. The normalized spacial score (nSPS) is 20.8. The zero-order valence-corrected chi connectivity index (χ0v) is 18.7. The molecule has 0 bridgehead atoms. The molecule has 156 valence electrons. The Balaban J connectivity index is 1.72. The second-order valence-corrected chi connectivity index (χ2v) is 10.4. The zero-order chi connectivity index (χ0) is 20.2. The molecule has 0 aromatic heterocycles. The second kappa shape index (κ2) is 9.04. The Labute approximate surface area is 180 Å². The minimum Gasteiger partial charge on any atom is -0.497 e. The van der Waals surface area contributed by atoms with Crippen molar-refractivity contribution in [2.45, 2.75) is 73.7 Å². The molecule has 0 spiro atoms. The van der Waals surface area contributed by atoms with Gasteiger partial charge < -0.3 is 9.47 Å². The maximum Gasteiger partial charge on any atom is 0.118 e. The molecule has 0 atom stereocenters. The molecule has 0 heterocycles. The van der Waals surface area contributed by atoms with Gasteiger partial charge in [0.2, 0.25) is 0 Å². The lowest BCUT2D eigenvalue weighted by Gasteiger charge is -2.47. The maximum absolute atomic E-state index is 5.43. The summed E-state index contributed by atoms with van der Waals surface area (Å²) in [6.45, 7) is 0. The van der Waals surface area contributed by atoms with E-state index >= 15 is 0 Å². The van der Waals surface area contributed by atoms with E-state index in [1.165, 1.54) is 75.3 Å². The highest BCUT2D eigenvalue weighted by Crippen LogP contribution is 2.60. The van der Waals surface area contributed by atoms with E-state index in [1.54, 1.807) is 14.2 Å². The molecule has 4 rings (SSSR count). The van der Waals surface area contributed by atoms with Crippen molar-refractivity contribution in [3.05, 3.63) is 59.7 Å². The van der Waals surface area contributed by atoms with Crippen LogP contribution in [-0.2, 0) is 9.49 Å². The summed E-state index contributed by atoms with van der Waals surface area (Å²) in [5, 5.41) is 0. The first kappa shape index (κ1) is 20.7. The van der Waals surface area contributed by atoms with E-state index in [0.717, 1.165) is 11.5 Å². The number of methoxy groups -OCH3 is 2. The van der Waals surface area contributed by atoms with E-state index in [2.05, 4.69) is 60.3 Å². The molecule has 0 N–H and O–H groups in total. The summed E-state index contributed by atoms with van der Waals surface area (Å²) in [5.74, 6) is 1.90. The van der Waals surface area contributed by atoms with Crippen molar-refractivity contribution in [2.75, 3.05) is 14.2 Å². The van der Waals surface area contributed by atoms with Gasteiger partial charge in [0.05, 0.1) is 14.2 Å². The molecule has 3 heteroatoms. The van der Waals surface area contributed by atoms with Crippen LogP contribution in [0.1, 0.15) is 75.3 Å². The van der Waals surface area contributed by atoms with Crippen LogP contribution in [0.15, 0.2) is 48.5 Å². The Kier molecular flexibility index (Phi) is 6.44. The van der Waals surface area contributed by atoms with Gasteiger partial charge in [-0.15, -0.1) is 11.8 Å². The van der Waals surface area contributed by atoms with Gasteiger partial charge in [0, 0.05) is 9.49 Å². The summed E-state index contributed by atoms with van der Waals surface area (Å²) in [6.07, 6.45) is 13.2. The minimum absolute atomic E-state index is 0.210. The highest BCUT2D eigenvalue weighted by molar-refractivity contribution is 8.01. The van der Waals surface area contributed by atoms with Crippen molar-refractivity contribution < 1.29 is 9.47 Å². The molecule has 0 aliphatic heterocycles. The number of thioether (sulfide) groups is 1. The Hall–Kier alpha value is -1.61. The second-order valence-electron chi connectivity index (χ2n) is 8.67.